The number of unbranched alkanes of at least 4 members (excludes halogenated alkanes) is 1. The molecule has 0 radical (unpaired) electrons. The summed E-state index contributed by atoms with van der Waals surface area (Å²) in [6.07, 6.45) is 7.54. The van der Waals surface area contributed by atoms with Crippen LogP contribution in [0.5, 0.6) is 0 Å². The van der Waals surface area contributed by atoms with Crippen molar-refractivity contribution in [3.05, 3.63) is 82.9 Å². The molecule has 2 aromatic carbocycles. The van der Waals surface area contributed by atoms with Crippen molar-refractivity contribution in [1.82, 2.24) is 14.9 Å². The summed E-state index contributed by atoms with van der Waals surface area (Å²) in [6, 6.07) is 16.3. The highest BCUT2D eigenvalue weighted by atomic mass is 35.5. The zero-order valence-corrected chi connectivity index (χ0v) is 22.8. The molecular formula is C29H38ClN5O. The molecule has 3 rings (SSSR count). The quantitative estimate of drug-likeness (QED) is 0.338. The third-order valence-electron chi connectivity index (χ3n) is 6.99. The minimum atomic E-state index is 0. The first-order valence-corrected chi connectivity index (χ1v) is 12.4. The van der Waals surface area contributed by atoms with E-state index in [0.717, 1.165) is 48.2 Å². The van der Waals surface area contributed by atoms with Gasteiger partial charge in [0.2, 0.25) is 5.91 Å². The van der Waals surface area contributed by atoms with Crippen LogP contribution in [0.2, 0.25) is 0 Å². The number of nitriles is 1. The standard InChI is InChI=1S/C29H37N5O.ClH/c1-6-7-10-26(19-34(23(4)35)28-11-8-9-21(2)22(28)3)33(5)29(27-18-31-20-32-27)16-24-12-14-25(17-30)15-13-24;/h8-9,11-15,18,20,26,29H,6-7,10,16,19H2,1-5H3,(H,31,32);1H/t26?,29-;/m0./s1. The molecule has 1 heterocycles. The number of nitrogens with zero attached hydrogens (tertiary/aromatic N) is 4. The molecule has 0 spiro atoms. The number of nitrogens with one attached hydrogen (secondary N) is 1. The molecule has 36 heavy (non-hydrogen) atoms. The molecule has 7 heteroatoms. The number of H-pyrrole nitrogens is 1. The summed E-state index contributed by atoms with van der Waals surface area (Å²) in [6.45, 7) is 8.65. The maximum absolute atomic E-state index is 12.9. The van der Waals surface area contributed by atoms with Gasteiger partial charge in [-0.15, -0.1) is 12.4 Å². The Kier molecular flexibility index (Phi) is 11.2. The number of carbonyl (C=O) groups excluding carboxylic acids is 1. The van der Waals surface area contributed by atoms with E-state index >= 15 is 0 Å². The Morgan fingerprint density at radius 1 is 1.17 bits per heavy atom. The molecule has 0 bridgehead atoms. The fourth-order valence-corrected chi connectivity index (χ4v) is 4.61. The van der Waals surface area contributed by atoms with E-state index in [1.165, 1.54) is 5.56 Å². The van der Waals surface area contributed by atoms with Crippen molar-refractivity contribution in [3.8, 4) is 6.07 Å². The molecule has 2 atom stereocenters. The van der Waals surface area contributed by atoms with Gasteiger partial charge >= 0.3 is 0 Å². The minimum Gasteiger partial charge on any atom is -0.347 e. The third-order valence-corrected chi connectivity index (χ3v) is 6.99. The molecule has 192 valence electrons. The van der Waals surface area contributed by atoms with E-state index in [9.17, 15) is 4.79 Å². The molecule has 0 saturated heterocycles. The maximum Gasteiger partial charge on any atom is 0.223 e. The largest absolute Gasteiger partial charge is 0.347 e. The SMILES string of the molecule is CCCCC(CN(C(C)=O)c1cccc(C)c1C)N(C)[C@@H](Cc1ccc(C#N)cc1)c1cnc[nH]1.Cl. The molecule has 0 saturated carbocycles. The van der Waals surface area contributed by atoms with Crippen LogP contribution >= 0.6 is 12.4 Å². The Hall–Kier alpha value is -3.14. The molecule has 6 nitrogen and oxygen atoms in total. The van der Waals surface area contributed by atoms with E-state index in [2.05, 4.69) is 54.8 Å². The second kappa shape index (κ2) is 13.8. The Morgan fingerprint density at radius 2 is 1.89 bits per heavy atom. The topological polar surface area (TPSA) is 76.0 Å². The molecule has 1 amide bonds. The summed E-state index contributed by atoms with van der Waals surface area (Å²) >= 11 is 0. The zero-order chi connectivity index (χ0) is 25.4. The first-order chi connectivity index (χ1) is 16.8. The predicted octanol–water partition coefficient (Wildman–Crippen LogP) is 6.15. The Morgan fingerprint density at radius 3 is 2.47 bits per heavy atom. The lowest BCUT2D eigenvalue weighted by Crippen LogP contribution is -2.46. The van der Waals surface area contributed by atoms with Gasteiger partial charge in [0.1, 0.15) is 0 Å². The highest BCUT2D eigenvalue weighted by molar-refractivity contribution is 5.92. The Balaban J connectivity index is 0.00000456. The van der Waals surface area contributed by atoms with Crippen LogP contribution in [0.3, 0.4) is 0 Å². The van der Waals surface area contributed by atoms with Crippen molar-refractivity contribution in [2.24, 2.45) is 0 Å². The molecule has 0 aliphatic rings. The highest BCUT2D eigenvalue weighted by Gasteiger charge is 2.28. The lowest BCUT2D eigenvalue weighted by atomic mass is 9.98. The monoisotopic (exact) mass is 507 g/mol. The molecule has 1 N–H and O–H groups in total. The van der Waals surface area contributed by atoms with E-state index in [4.69, 9.17) is 5.26 Å². The van der Waals surface area contributed by atoms with E-state index in [0.29, 0.717) is 12.1 Å². The number of rotatable bonds is 11. The number of likely N-dealkylation sites (N-methyl/N-ethyl adjacent to an activating group) is 1. The van der Waals surface area contributed by atoms with Crippen LogP contribution in [-0.4, -0.2) is 40.4 Å². The van der Waals surface area contributed by atoms with Crippen molar-refractivity contribution >= 4 is 24.0 Å². The lowest BCUT2D eigenvalue weighted by molar-refractivity contribution is -0.116. The summed E-state index contributed by atoms with van der Waals surface area (Å²) in [7, 11) is 2.15. The average molecular weight is 508 g/mol. The first kappa shape index (κ1) is 29.1. The molecular weight excluding hydrogens is 470 g/mol. The van der Waals surface area contributed by atoms with Gasteiger partial charge < -0.3 is 9.88 Å². The van der Waals surface area contributed by atoms with Crippen LogP contribution in [0, 0.1) is 25.2 Å². The van der Waals surface area contributed by atoms with Gasteiger partial charge in [-0.25, -0.2) is 4.98 Å². The van der Waals surface area contributed by atoms with Crippen LogP contribution in [0.15, 0.2) is 55.0 Å². The van der Waals surface area contributed by atoms with Crippen LogP contribution in [-0.2, 0) is 11.2 Å². The molecule has 3 aromatic rings. The van der Waals surface area contributed by atoms with Crippen molar-refractivity contribution < 1.29 is 4.79 Å². The number of aromatic amines is 1. The Labute approximate surface area is 221 Å². The number of imidazole rings is 1. The minimum absolute atomic E-state index is 0. The van der Waals surface area contributed by atoms with Gasteiger partial charge in [0, 0.05) is 31.4 Å². The number of amides is 1. The van der Waals surface area contributed by atoms with Crippen LogP contribution in [0.1, 0.15) is 67.1 Å². The smallest absolute Gasteiger partial charge is 0.223 e. The van der Waals surface area contributed by atoms with Crippen molar-refractivity contribution in [3.63, 3.8) is 0 Å². The summed E-state index contributed by atoms with van der Waals surface area (Å²) in [5.41, 5.74) is 6.16. The molecule has 0 aliphatic heterocycles. The number of benzene rings is 2. The van der Waals surface area contributed by atoms with Gasteiger partial charge in [0.25, 0.3) is 0 Å². The number of aryl methyl sites for hydroxylation is 1. The number of hydrogen-bond acceptors (Lipinski definition) is 4. The molecule has 0 aliphatic carbocycles. The van der Waals surface area contributed by atoms with Crippen LogP contribution < -0.4 is 4.90 Å². The van der Waals surface area contributed by atoms with Gasteiger partial charge in [-0.1, -0.05) is 44.0 Å². The van der Waals surface area contributed by atoms with Crippen LogP contribution in [0.4, 0.5) is 5.69 Å². The van der Waals surface area contributed by atoms with E-state index in [-0.39, 0.29) is 30.4 Å². The third kappa shape index (κ3) is 7.19. The number of aromatic nitrogens is 2. The lowest BCUT2D eigenvalue weighted by Gasteiger charge is -2.38. The van der Waals surface area contributed by atoms with Gasteiger partial charge in [0.05, 0.1) is 29.7 Å². The van der Waals surface area contributed by atoms with Crippen LogP contribution in [0.25, 0.3) is 0 Å². The molecule has 0 fully saturated rings. The van der Waals surface area contributed by atoms with Crippen molar-refractivity contribution in [2.45, 2.75) is 65.5 Å². The summed E-state index contributed by atoms with van der Waals surface area (Å²) in [5, 5.41) is 9.16. The fraction of sp³-hybridized carbons (Fsp3) is 0.414. The normalized spacial score (nSPS) is 12.5. The predicted molar refractivity (Wildman–Crippen MR) is 148 cm³/mol. The van der Waals surface area contributed by atoms with Gasteiger partial charge in [0.15, 0.2) is 0 Å². The van der Waals surface area contributed by atoms with Gasteiger partial charge in [-0.2, -0.15) is 5.26 Å². The number of hydrogen-bond donors (Lipinski definition) is 1. The van der Waals surface area contributed by atoms with Crippen molar-refractivity contribution in [1.29, 1.82) is 5.26 Å². The molecule has 1 aromatic heterocycles. The number of carbonyl (C=O) groups is 1. The Bertz CT molecular complexity index is 1140. The second-order valence-corrected chi connectivity index (χ2v) is 9.35. The van der Waals surface area contributed by atoms with Gasteiger partial charge in [-0.3, -0.25) is 9.69 Å². The van der Waals surface area contributed by atoms with Crippen molar-refractivity contribution in [2.75, 3.05) is 18.5 Å². The maximum atomic E-state index is 12.9. The van der Waals surface area contributed by atoms with E-state index < -0.39 is 0 Å². The number of anilines is 1. The summed E-state index contributed by atoms with van der Waals surface area (Å²) in [5.74, 6) is 0.0544. The second-order valence-electron chi connectivity index (χ2n) is 9.35. The van der Waals surface area contributed by atoms with E-state index in [1.54, 1.807) is 13.3 Å². The number of halogens is 1. The highest BCUT2D eigenvalue weighted by Crippen LogP contribution is 2.29. The summed E-state index contributed by atoms with van der Waals surface area (Å²) in [4.78, 5) is 24.8. The first-order valence-electron chi connectivity index (χ1n) is 12.4. The van der Waals surface area contributed by atoms with E-state index in [1.807, 2.05) is 47.5 Å². The fourth-order valence-electron chi connectivity index (χ4n) is 4.61. The zero-order valence-electron chi connectivity index (χ0n) is 22.0. The molecule has 1 unspecified atom stereocenters. The summed E-state index contributed by atoms with van der Waals surface area (Å²) < 4.78 is 0. The van der Waals surface area contributed by atoms with Gasteiger partial charge in [-0.05, 0) is 68.6 Å². The average Bonchev–Trinajstić information content (AvgIpc) is 3.39.